The Morgan fingerprint density at radius 2 is 1.71 bits per heavy atom. The zero-order chi connectivity index (χ0) is 29.6. The number of hydrogen-bond donors (Lipinski definition) is 3. The number of carbonyl (C=O) groups excluding carboxylic acids is 4. The van der Waals surface area contributed by atoms with Gasteiger partial charge in [-0.3, -0.25) is 19.2 Å². The van der Waals surface area contributed by atoms with Crippen molar-refractivity contribution in [1.29, 1.82) is 0 Å². The number of rotatable bonds is 6. The molecule has 2 atom stereocenters. The number of hydrogen-bond acceptors (Lipinski definition) is 6. The highest BCUT2D eigenvalue weighted by Crippen LogP contribution is 2.19. The van der Waals surface area contributed by atoms with Gasteiger partial charge >= 0.3 is 0 Å². The lowest BCUT2D eigenvalue weighted by molar-refractivity contribution is -0.140. The fourth-order valence-corrected chi connectivity index (χ4v) is 4.58. The van der Waals surface area contributed by atoms with Gasteiger partial charge in [0.15, 0.2) is 0 Å². The van der Waals surface area contributed by atoms with Gasteiger partial charge in [0.25, 0.3) is 5.91 Å². The third kappa shape index (κ3) is 10.2. The van der Waals surface area contributed by atoms with Gasteiger partial charge in [-0.1, -0.05) is 55.3 Å². The van der Waals surface area contributed by atoms with Crippen molar-refractivity contribution in [2.45, 2.75) is 50.6 Å². The second-order valence-electron chi connectivity index (χ2n) is 10.6. The summed E-state index contributed by atoms with van der Waals surface area (Å²) in [5.41, 5.74) is 1.21. The van der Waals surface area contributed by atoms with Gasteiger partial charge in [0.05, 0.1) is 18.6 Å². The molecule has 2 aromatic rings. The number of carbonyl (C=O) groups is 4. The molecular formula is C31H43N5O5. The number of amides is 4. The molecule has 0 bridgehead atoms. The maximum atomic E-state index is 13.6. The number of para-hydroxylation sites is 1. The van der Waals surface area contributed by atoms with Crippen LogP contribution in [0.4, 0.5) is 0 Å². The summed E-state index contributed by atoms with van der Waals surface area (Å²) in [6, 6.07) is 14.5. The van der Waals surface area contributed by atoms with Crippen LogP contribution in [0.2, 0.25) is 0 Å². The highest BCUT2D eigenvalue weighted by molar-refractivity contribution is 6.01. The summed E-state index contributed by atoms with van der Waals surface area (Å²) in [6.07, 6.45) is 3.44. The van der Waals surface area contributed by atoms with E-state index in [9.17, 15) is 19.2 Å². The Bertz CT molecular complexity index is 1160. The molecule has 10 nitrogen and oxygen atoms in total. The fourth-order valence-electron chi connectivity index (χ4n) is 4.58. The normalized spacial score (nSPS) is 19.7. The van der Waals surface area contributed by atoms with E-state index in [2.05, 4.69) is 16.0 Å². The van der Waals surface area contributed by atoms with Crippen molar-refractivity contribution in [3.63, 3.8) is 0 Å². The van der Waals surface area contributed by atoms with Crippen LogP contribution in [0.25, 0.3) is 0 Å². The predicted molar refractivity (Wildman–Crippen MR) is 158 cm³/mol. The minimum Gasteiger partial charge on any atom is -0.493 e. The molecule has 222 valence electrons. The van der Waals surface area contributed by atoms with E-state index in [0.29, 0.717) is 44.0 Å². The van der Waals surface area contributed by atoms with E-state index in [4.69, 9.17) is 4.74 Å². The van der Waals surface area contributed by atoms with E-state index < -0.39 is 29.8 Å². The van der Waals surface area contributed by atoms with E-state index in [1.54, 1.807) is 31.3 Å². The number of likely N-dealkylation sites (N-methyl/N-ethyl adjacent to an activating group) is 2. The summed E-state index contributed by atoms with van der Waals surface area (Å²) < 4.78 is 5.90. The molecule has 1 aliphatic heterocycles. The molecule has 0 aliphatic carbocycles. The second kappa shape index (κ2) is 16.4. The smallest absolute Gasteiger partial charge is 0.255 e. The van der Waals surface area contributed by atoms with Gasteiger partial charge in [0.1, 0.15) is 17.8 Å². The first kappa shape index (κ1) is 31.6. The number of ether oxygens (including phenoxy) is 1. The third-order valence-corrected chi connectivity index (χ3v) is 7.05. The molecule has 0 saturated heterocycles. The third-order valence-electron chi connectivity index (χ3n) is 7.05. The monoisotopic (exact) mass is 565 g/mol. The van der Waals surface area contributed by atoms with Crippen LogP contribution in [0.15, 0.2) is 54.6 Å². The lowest BCUT2D eigenvalue weighted by Gasteiger charge is -2.29. The van der Waals surface area contributed by atoms with Gasteiger partial charge in [-0.05, 0) is 44.6 Å². The molecule has 0 aromatic heterocycles. The zero-order valence-corrected chi connectivity index (χ0v) is 24.4. The Kier molecular flexibility index (Phi) is 12.6. The first-order valence-corrected chi connectivity index (χ1v) is 14.3. The van der Waals surface area contributed by atoms with Crippen molar-refractivity contribution >= 4 is 23.6 Å². The molecule has 3 rings (SSSR count). The summed E-state index contributed by atoms with van der Waals surface area (Å²) in [5, 5.41) is 8.55. The quantitative estimate of drug-likeness (QED) is 0.493. The van der Waals surface area contributed by atoms with Crippen LogP contribution >= 0.6 is 0 Å². The Labute approximate surface area is 242 Å². The maximum Gasteiger partial charge on any atom is 0.255 e. The predicted octanol–water partition coefficient (Wildman–Crippen LogP) is 1.99. The lowest BCUT2D eigenvalue weighted by atomic mass is 10.0. The maximum absolute atomic E-state index is 13.6. The first-order valence-electron chi connectivity index (χ1n) is 14.3. The standard InChI is InChI=1S/C31H43N5O5/c1-35(2)19-18-33-30(39)25-22-28(37)36(3)26(21-23-13-7-6-8-14-23)31(40)32-17-11-4-5-12-20-41-27-16-10-9-15-24(27)29(38)34-25/h6-10,13-16,25-26H,4-5,11-12,17-22H2,1-3H3,(H,32,40)(H,33,39)(H,34,38)/t25-,26-/m0/s1. The van der Waals surface area contributed by atoms with Crippen LogP contribution in [0.5, 0.6) is 5.75 Å². The van der Waals surface area contributed by atoms with E-state index in [-0.39, 0.29) is 12.3 Å². The average Bonchev–Trinajstić information content (AvgIpc) is 2.96. The number of nitrogens with one attached hydrogen (secondary N) is 3. The molecule has 0 fully saturated rings. The van der Waals surface area contributed by atoms with Crippen molar-refractivity contribution in [2.24, 2.45) is 0 Å². The van der Waals surface area contributed by atoms with Gasteiger partial charge in [0, 0.05) is 33.1 Å². The van der Waals surface area contributed by atoms with Crippen molar-refractivity contribution in [2.75, 3.05) is 47.4 Å². The zero-order valence-electron chi connectivity index (χ0n) is 24.4. The van der Waals surface area contributed by atoms with E-state index in [1.807, 2.05) is 49.3 Å². The first-order chi connectivity index (χ1) is 19.8. The van der Waals surface area contributed by atoms with Crippen LogP contribution in [-0.2, 0) is 20.8 Å². The Morgan fingerprint density at radius 3 is 2.46 bits per heavy atom. The molecule has 10 heteroatoms. The topological polar surface area (TPSA) is 120 Å². The molecule has 0 saturated carbocycles. The highest BCUT2D eigenvalue weighted by Gasteiger charge is 2.32. The van der Waals surface area contributed by atoms with Gasteiger partial charge in [-0.15, -0.1) is 0 Å². The SMILES string of the molecule is CN(C)CCNC(=O)[C@@H]1CC(=O)N(C)[C@@H](Cc2ccccc2)C(=O)NCCCCCCOc2ccccc2C(=O)N1. The molecule has 1 aliphatic rings. The van der Waals surface area contributed by atoms with Crippen molar-refractivity contribution in [1.82, 2.24) is 25.8 Å². The Balaban J connectivity index is 1.88. The summed E-state index contributed by atoms with van der Waals surface area (Å²) in [6.45, 7) is 1.88. The largest absolute Gasteiger partial charge is 0.493 e. The molecule has 0 radical (unpaired) electrons. The van der Waals surface area contributed by atoms with Crippen molar-refractivity contribution in [3.8, 4) is 5.75 Å². The molecular weight excluding hydrogens is 522 g/mol. The molecule has 4 amide bonds. The van der Waals surface area contributed by atoms with Crippen molar-refractivity contribution in [3.05, 3.63) is 65.7 Å². The van der Waals surface area contributed by atoms with Crippen LogP contribution in [0, 0.1) is 0 Å². The van der Waals surface area contributed by atoms with Crippen LogP contribution in [0.3, 0.4) is 0 Å². The second-order valence-corrected chi connectivity index (χ2v) is 10.6. The average molecular weight is 566 g/mol. The molecule has 1 heterocycles. The molecule has 3 N–H and O–H groups in total. The van der Waals surface area contributed by atoms with E-state index >= 15 is 0 Å². The number of fused-ring (bicyclic) bond motifs is 1. The minimum atomic E-state index is -1.15. The number of nitrogens with zero attached hydrogens (tertiary/aromatic N) is 2. The molecule has 2 aromatic carbocycles. The van der Waals surface area contributed by atoms with Crippen LogP contribution < -0.4 is 20.7 Å². The van der Waals surface area contributed by atoms with Crippen molar-refractivity contribution < 1.29 is 23.9 Å². The van der Waals surface area contributed by atoms with Crippen LogP contribution in [0.1, 0.15) is 48.0 Å². The van der Waals surface area contributed by atoms with Gasteiger partial charge in [-0.25, -0.2) is 0 Å². The van der Waals surface area contributed by atoms with Crippen LogP contribution in [-0.4, -0.2) is 92.9 Å². The molecule has 0 unspecified atom stereocenters. The minimum absolute atomic E-state index is 0.251. The Morgan fingerprint density at radius 1 is 1.00 bits per heavy atom. The summed E-state index contributed by atoms with van der Waals surface area (Å²) >= 11 is 0. The summed E-state index contributed by atoms with van der Waals surface area (Å²) in [7, 11) is 5.34. The highest BCUT2D eigenvalue weighted by atomic mass is 16.5. The van der Waals surface area contributed by atoms with Gasteiger partial charge in [-0.2, -0.15) is 0 Å². The number of benzene rings is 2. The van der Waals surface area contributed by atoms with Gasteiger partial charge in [0.2, 0.25) is 17.7 Å². The molecule has 41 heavy (non-hydrogen) atoms. The summed E-state index contributed by atoms with van der Waals surface area (Å²) in [4.78, 5) is 56.8. The van der Waals surface area contributed by atoms with E-state index in [1.165, 1.54) is 4.90 Å². The van der Waals surface area contributed by atoms with Gasteiger partial charge < -0.3 is 30.5 Å². The fraction of sp³-hybridized carbons (Fsp3) is 0.484. The lowest BCUT2D eigenvalue weighted by Crippen LogP contribution is -2.53. The Hall–Kier alpha value is -3.92. The molecule has 0 spiro atoms. The van der Waals surface area contributed by atoms with E-state index in [0.717, 1.165) is 31.2 Å². The summed E-state index contributed by atoms with van der Waals surface area (Å²) in [5.74, 6) is -1.24.